The minimum Gasteiger partial charge on any atom is -0.385 e. The van der Waals surface area contributed by atoms with Crippen molar-refractivity contribution in [2.75, 3.05) is 23.4 Å². The largest absolute Gasteiger partial charge is 0.385 e. The van der Waals surface area contributed by atoms with E-state index in [1.807, 2.05) is 12.1 Å². The molecule has 3 rings (SSSR count). The molecule has 0 radical (unpaired) electrons. The van der Waals surface area contributed by atoms with Crippen LogP contribution in [0.2, 0.25) is 0 Å². The summed E-state index contributed by atoms with van der Waals surface area (Å²) in [4.78, 5) is 12.2. The lowest BCUT2D eigenvalue weighted by Gasteiger charge is -2.19. The Bertz CT molecular complexity index is 640. The van der Waals surface area contributed by atoms with Gasteiger partial charge in [0.1, 0.15) is 0 Å². The fourth-order valence-electron chi connectivity index (χ4n) is 2.79. The molecule has 1 aromatic carbocycles. The van der Waals surface area contributed by atoms with E-state index in [0.29, 0.717) is 12.0 Å². The van der Waals surface area contributed by atoms with Crippen molar-refractivity contribution >= 4 is 21.4 Å². The Kier molecular flexibility index (Phi) is 3.41. The maximum Gasteiger partial charge on any atom is 0.251 e. The van der Waals surface area contributed by atoms with Crippen molar-refractivity contribution in [3.63, 3.8) is 0 Å². The van der Waals surface area contributed by atoms with E-state index < -0.39 is 9.84 Å². The molecular formula is C14H18N2O3S. The molecule has 0 bridgehead atoms. The average molecular weight is 294 g/mol. The number of aryl methyl sites for hydroxylation is 1. The number of hydrogen-bond donors (Lipinski definition) is 2. The van der Waals surface area contributed by atoms with Gasteiger partial charge in [0.2, 0.25) is 0 Å². The van der Waals surface area contributed by atoms with Gasteiger partial charge in [0, 0.05) is 23.8 Å². The van der Waals surface area contributed by atoms with E-state index in [4.69, 9.17) is 0 Å². The minimum atomic E-state index is -2.96. The van der Waals surface area contributed by atoms with E-state index in [0.717, 1.165) is 30.6 Å². The number of carbonyl (C=O) groups is 1. The van der Waals surface area contributed by atoms with Gasteiger partial charge in [0.05, 0.1) is 11.5 Å². The lowest BCUT2D eigenvalue weighted by atomic mass is 10.0. The Hall–Kier alpha value is -1.56. The van der Waals surface area contributed by atoms with Crippen molar-refractivity contribution in [3.05, 3.63) is 29.3 Å². The molecule has 2 aliphatic heterocycles. The third kappa shape index (κ3) is 2.80. The monoisotopic (exact) mass is 294 g/mol. The van der Waals surface area contributed by atoms with Crippen LogP contribution >= 0.6 is 0 Å². The molecule has 6 heteroatoms. The van der Waals surface area contributed by atoms with Crippen molar-refractivity contribution in [1.82, 2.24) is 5.32 Å². The first-order valence-corrected chi connectivity index (χ1v) is 8.74. The molecule has 0 aliphatic carbocycles. The fraction of sp³-hybridized carbons (Fsp3) is 0.500. The predicted molar refractivity (Wildman–Crippen MR) is 77.8 cm³/mol. The Labute approximate surface area is 118 Å². The maximum absolute atomic E-state index is 12.2. The van der Waals surface area contributed by atoms with E-state index in [1.54, 1.807) is 6.07 Å². The standard InChI is InChI=1S/C14H18N2O3S/c17-14(16-12-5-7-20(18,19)9-12)11-3-4-13-10(8-11)2-1-6-15-13/h3-4,8,12,15H,1-2,5-7,9H2,(H,16,17). The summed E-state index contributed by atoms with van der Waals surface area (Å²) in [6, 6.07) is 5.37. The van der Waals surface area contributed by atoms with Gasteiger partial charge in [0.25, 0.3) is 5.91 Å². The third-order valence-electron chi connectivity index (χ3n) is 3.87. The number of carbonyl (C=O) groups excluding carboxylic acids is 1. The van der Waals surface area contributed by atoms with E-state index in [-0.39, 0.29) is 23.5 Å². The molecule has 1 atom stereocenters. The topological polar surface area (TPSA) is 75.3 Å². The van der Waals surface area contributed by atoms with Gasteiger partial charge in [0.15, 0.2) is 9.84 Å². The fourth-order valence-corrected chi connectivity index (χ4v) is 4.47. The van der Waals surface area contributed by atoms with Crippen LogP contribution in [0.15, 0.2) is 18.2 Å². The molecule has 0 aromatic heterocycles. The van der Waals surface area contributed by atoms with Crippen molar-refractivity contribution < 1.29 is 13.2 Å². The van der Waals surface area contributed by atoms with Gasteiger partial charge in [-0.15, -0.1) is 0 Å². The van der Waals surface area contributed by atoms with Crippen LogP contribution in [0.3, 0.4) is 0 Å². The van der Waals surface area contributed by atoms with Crippen molar-refractivity contribution in [2.45, 2.75) is 25.3 Å². The molecular weight excluding hydrogens is 276 g/mol. The van der Waals surface area contributed by atoms with Gasteiger partial charge in [-0.2, -0.15) is 0 Å². The van der Waals surface area contributed by atoms with Gasteiger partial charge in [-0.3, -0.25) is 4.79 Å². The number of benzene rings is 1. The molecule has 1 amide bonds. The molecule has 2 heterocycles. The zero-order valence-electron chi connectivity index (χ0n) is 11.2. The number of amides is 1. The summed E-state index contributed by atoms with van der Waals surface area (Å²) in [6.45, 7) is 0.971. The van der Waals surface area contributed by atoms with Crippen molar-refractivity contribution in [2.24, 2.45) is 0 Å². The Balaban J connectivity index is 1.71. The van der Waals surface area contributed by atoms with Crippen LogP contribution < -0.4 is 10.6 Å². The molecule has 5 nitrogen and oxygen atoms in total. The zero-order valence-corrected chi connectivity index (χ0v) is 12.0. The molecule has 1 unspecified atom stereocenters. The summed E-state index contributed by atoms with van der Waals surface area (Å²) in [5.41, 5.74) is 2.86. The number of rotatable bonds is 2. The molecule has 1 aromatic rings. The minimum absolute atomic E-state index is 0.0608. The van der Waals surface area contributed by atoms with Gasteiger partial charge >= 0.3 is 0 Å². The van der Waals surface area contributed by atoms with Crippen LogP contribution in [-0.4, -0.2) is 38.4 Å². The van der Waals surface area contributed by atoms with Crippen LogP contribution in [0.4, 0.5) is 5.69 Å². The summed E-state index contributed by atoms with van der Waals surface area (Å²) in [5.74, 6) is 0.0533. The third-order valence-corrected chi connectivity index (χ3v) is 5.64. The van der Waals surface area contributed by atoms with Crippen molar-refractivity contribution in [1.29, 1.82) is 0 Å². The second-order valence-corrected chi connectivity index (χ2v) is 7.70. The van der Waals surface area contributed by atoms with Crippen molar-refractivity contribution in [3.8, 4) is 0 Å². The number of fused-ring (bicyclic) bond motifs is 1. The molecule has 0 saturated carbocycles. The highest BCUT2D eigenvalue weighted by atomic mass is 32.2. The number of nitrogens with one attached hydrogen (secondary N) is 2. The Morgan fingerprint density at radius 1 is 1.35 bits per heavy atom. The summed E-state index contributed by atoms with van der Waals surface area (Å²) in [5, 5.41) is 6.12. The molecule has 1 saturated heterocycles. The van der Waals surface area contributed by atoms with Crippen LogP contribution in [0, 0.1) is 0 Å². The first-order valence-electron chi connectivity index (χ1n) is 6.92. The van der Waals surface area contributed by atoms with Gasteiger partial charge in [-0.25, -0.2) is 8.42 Å². The van der Waals surface area contributed by atoms with Crippen LogP contribution in [0.1, 0.15) is 28.8 Å². The smallest absolute Gasteiger partial charge is 0.251 e. The summed E-state index contributed by atoms with van der Waals surface area (Å²) in [7, 11) is -2.96. The maximum atomic E-state index is 12.2. The molecule has 2 N–H and O–H groups in total. The van der Waals surface area contributed by atoms with E-state index >= 15 is 0 Å². The quantitative estimate of drug-likeness (QED) is 0.852. The molecule has 2 aliphatic rings. The van der Waals surface area contributed by atoms with Gasteiger partial charge < -0.3 is 10.6 Å². The van der Waals surface area contributed by atoms with E-state index in [9.17, 15) is 13.2 Å². The summed E-state index contributed by atoms with van der Waals surface area (Å²) >= 11 is 0. The summed E-state index contributed by atoms with van der Waals surface area (Å²) < 4.78 is 22.8. The van der Waals surface area contributed by atoms with Gasteiger partial charge in [-0.1, -0.05) is 0 Å². The van der Waals surface area contributed by atoms with Gasteiger partial charge in [-0.05, 0) is 43.0 Å². The Morgan fingerprint density at radius 2 is 2.20 bits per heavy atom. The van der Waals surface area contributed by atoms with Crippen LogP contribution in [-0.2, 0) is 16.3 Å². The molecule has 108 valence electrons. The Morgan fingerprint density at radius 3 is 2.95 bits per heavy atom. The first kappa shape index (κ1) is 13.4. The number of hydrogen-bond acceptors (Lipinski definition) is 4. The molecule has 1 fully saturated rings. The molecule has 20 heavy (non-hydrogen) atoms. The predicted octanol–water partition coefficient (Wildman–Crippen LogP) is 0.962. The zero-order chi connectivity index (χ0) is 14.2. The first-order chi connectivity index (χ1) is 9.53. The van der Waals surface area contributed by atoms with Crippen LogP contribution in [0.25, 0.3) is 0 Å². The SMILES string of the molecule is O=C(NC1CCS(=O)(=O)C1)c1ccc2c(c1)CCCN2. The van der Waals surface area contributed by atoms with E-state index in [2.05, 4.69) is 10.6 Å². The highest BCUT2D eigenvalue weighted by Gasteiger charge is 2.29. The lowest BCUT2D eigenvalue weighted by molar-refractivity contribution is 0.0941. The second kappa shape index (κ2) is 5.09. The van der Waals surface area contributed by atoms with Crippen LogP contribution in [0.5, 0.6) is 0 Å². The van der Waals surface area contributed by atoms with E-state index in [1.165, 1.54) is 0 Å². The number of anilines is 1. The average Bonchev–Trinajstić information content (AvgIpc) is 2.77. The highest BCUT2D eigenvalue weighted by molar-refractivity contribution is 7.91. The molecule has 0 spiro atoms. The lowest BCUT2D eigenvalue weighted by Crippen LogP contribution is -2.35. The normalized spacial score (nSPS) is 23.7. The number of sulfone groups is 1. The highest BCUT2D eigenvalue weighted by Crippen LogP contribution is 2.23. The second-order valence-electron chi connectivity index (χ2n) is 5.48. The summed E-state index contributed by atoms with van der Waals surface area (Å²) in [6.07, 6.45) is 2.56.